The highest BCUT2D eigenvalue weighted by atomic mass is 35.5. The fourth-order valence-electron chi connectivity index (χ4n) is 2.58. The zero-order chi connectivity index (χ0) is 13.8. The minimum Gasteiger partial charge on any atom is -0.448 e. The molecule has 4 nitrogen and oxygen atoms in total. The van der Waals surface area contributed by atoms with Gasteiger partial charge in [-0.25, -0.2) is 0 Å². The van der Waals surface area contributed by atoms with E-state index in [2.05, 4.69) is 12.2 Å². The van der Waals surface area contributed by atoms with Gasteiger partial charge in [-0.2, -0.15) is 0 Å². The number of nitrogens with zero attached hydrogens (tertiary/aromatic N) is 1. The van der Waals surface area contributed by atoms with E-state index in [0.29, 0.717) is 30.1 Å². The molecule has 2 rings (SSSR count). The van der Waals surface area contributed by atoms with Crippen molar-refractivity contribution in [1.82, 2.24) is 10.2 Å². The Bertz CT molecular complexity index is 433. The Balaban J connectivity index is 1.81. The average Bonchev–Trinajstić information content (AvgIpc) is 2.82. The first-order chi connectivity index (χ1) is 9.10. The molecule has 2 atom stereocenters. The van der Waals surface area contributed by atoms with Gasteiger partial charge in [0.1, 0.15) is 5.76 Å². The van der Waals surface area contributed by atoms with Crippen LogP contribution in [0.3, 0.4) is 0 Å². The van der Waals surface area contributed by atoms with Crippen LogP contribution in [0, 0.1) is 5.92 Å². The summed E-state index contributed by atoms with van der Waals surface area (Å²) in [5.74, 6) is 1.56. The molecule has 5 heteroatoms. The lowest BCUT2D eigenvalue weighted by Gasteiger charge is -2.37. The van der Waals surface area contributed by atoms with Crippen molar-refractivity contribution >= 4 is 17.5 Å². The van der Waals surface area contributed by atoms with Crippen LogP contribution in [-0.4, -0.2) is 29.9 Å². The number of hydrogen-bond acceptors (Lipinski definition) is 3. The Morgan fingerprint density at radius 1 is 1.58 bits per heavy atom. The Kier molecular flexibility index (Phi) is 4.88. The molecule has 106 valence electrons. The van der Waals surface area contributed by atoms with Crippen LogP contribution >= 0.6 is 11.6 Å². The van der Waals surface area contributed by atoms with E-state index < -0.39 is 0 Å². The van der Waals surface area contributed by atoms with Crippen molar-refractivity contribution in [1.29, 1.82) is 0 Å². The monoisotopic (exact) mass is 284 g/mol. The lowest BCUT2D eigenvalue weighted by molar-refractivity contribution is -0.132. The van der Waals surface area contributed by atoms with Crippen LogP contribution in [0.2, 0.25) is 5.22 Å². The van der Waals surface area contributed by atoms with E-state index in [4.69, 9.17) is 16.0 Å². The van der Waals surface area contributed by atoms with Crippen LogP contribution in [0.1, 0.15) is 32.4 Å². The number of rotatable bonds is 4. The Morgan fingerprint density at radius 2 is 2.37 bits per heavy atom. The van der Waals surface area contributed by atoms with Crippen LogP contribution in [0.5, 0.6) is 0 Å². The van der Waals surface area contributed by atoms with Gasteiger partial charge in [0.2, 0.25) is 5.91 Å². The van der Waals surface area contributed by atoms with Gasteiger partial charge in [-0.3, -0.25) is 4.79 Å². The van der Waals surface area contributed by atoms with E-state index in [-0.39, 0.29) is 5.91 Å². The summed E-state index contributed by atoms with van der Waals surface area (Å²) in [5.41, 5.74) is 0. The Hall–Kier alpha value is -1.00. The van der Waals surface area contributed by atoms with E-state index >= 15 is 0 Å². The number of halogens is 1. The van der Waals surface area contributed by atoms with Crippen LogP contribution in [0.15, 0.2) is 16.5 Å². The third-order valence-electron chi connectivity index (χ3n) is 3.73. The third-order valence-corrected chi connectivity index (χ3v) is 3.93. The topological polar surface area (TPSA) is 45.5 Å². The molecule has 2 heterocycles. The van der Waals surface area contributed by atoms with Gasteiger partial charge >= 0.3 is 0 Å². The van der Waals surface area contributed by atoms with Crippen molar-refractivity contribution in [2.45, 2.75) is 39.3 Å². The molecule has 0 aliphatic carbocycles. The molecule has 1 amide bonds. The van der Waals surface area contributed by atoms with Crippen LogP contribution in [0.4, 0.5) is 0 Å². The smallest absolute Gasteiger partial charge is 0.222 e. The lowest BCUT2D eigenvalue weighted by atomic mass is 9.93. The predicted octanol–water partition coefficient (Wildman–Crippen LogP) is 2.67. The lowest BCUT2D eigenvalue weighted by Crippen LogP contribution is -2.49. The number of furan rings is 1. The molecule has 1 fully saturated rings. The molecular weight excluding hydrogens is 264 g/mol. The summed E-state index contributed by atoms with van der Waals surface area (Å²) >= 11 is 5.74. The fraction of sp³-hybridized carbons (Fsp3) is 0.643. The van der Waals surface area contributed by atoms with E-state index in [0.717, 1.165) is 25.3 Å². The largest absolute Gasteiger partial charge is 0.448 e. The number of nitrogens with one attached hydrogen (secondary N) is 1. The summed E-state index contributed by atoms with van der Waals surface area (Å²) in [6.45, 7) is 6.46. The maximum atomic E-state index is 11.7. The normalized spacial score (nSPS) is 23.6. The summed E-state index contributed by atoms with van der Waals surface area (Å²) in [7, 11) is 0. The van der Waals surface area contributed by atoms with E-state index in [1.54, 1.807) is 6.07 Å². The second kappa shape index (κ2) is 6.44. The van der Waals surface area contributed by atoms with Crippen LogP contribution in [-0.2, 0) is 11.3 Å². The molecule has 0 unspecified atom stereocenters. The molecule has 1 aromatic heterocycles. The van der Waals surface area contributed by atoms with Gasteiger partial charge in [0.25, 0.3) is 0 Å². The molecule has 0 bridgehead atoms. The fourth-order valence-corrected chi connectivity index (χ4v) is 2.74. The van der Waals surface area contributed by atoms with Crippen molar-refractivity contribution < 1.29 is 9.21 Å². The minimum absolute atomic E-state index is 0.253. The highest BCUT2D eigenvalue weighted by Crippen LogP contribution is 2.19. The molecule has 1 aliphatic rings. The van der Waals surface area contributed by atoms with E-state index in [9.17, 15) is 4.79 Å². The average molecular weight is 285 g/mol. The van der Waals surface area contributed by atoms with Crippen molar-refractivity contribution in [3.05, 3.63) is 23.1 Å². The van der Waals surface area contributed by atoms with E-state index in [1.165, 1.54) is 0 Å². The van der Waals surface area contributed by atoms with Gasteiger partial charge in [0, 0.05) is 25.6 Å². The Labute approximate surface area is 119 Å². The zero-order valence-corrected chi connectivity index (χ0v) is 12.2. The summed E-state index contributed by atoms with van der Waals surface area (Å²) in [6, 6.07) is 4.06. The molecule has 0 radical (unpaired) electrons. The summed E-state index contributed by atoms with van der Waals surface area (Å²) < 4.78 is 5.32. The second-order valence-electron chi connectivity index (χ2n) is 5.15. The van der Waals surface area contributed by atoms with Gasteiger partial charge in [0.05, 0.1) is 6.54 Å². The Morgan fingerprint density at radius 3 is 2.95 bits per heavy atom. The minimum atomic E-state index is 0.253. The number of piperidine rings is 1. The van der Waals surface area contributed by atoms with Gasteiger partial charge < -0.3 is 14.6 Å². The van der Waals surface area contributed by atoms with E-state index in [1.807, 2.05) is 17.9 Å². The zero-order valence-electron chi connectivity index (χ0n) is 11.5. The summed E-state index contributed by atoms with van der Waals surface area (Å²) in [4.78, 5) is 13.6. The number of hydrogen-bond donors (Lipinski definition) is 1. The molecule has 1 N–H and O–H groups in total. The second-order valence-corrected chi connectivity index (χ2v) is 5.53. The SMILES string of the molecule is CCC(=O)N1CC[C@H](NCc2ccc(Cl)o2)[C@H](C)C1. The first kappa shape index (κ1) is 14.4. The summed E-state index contributed by atoms with van der Waals surface area (Å²) in [6.07, 6.45) is 1.58. The molecule has 1 saturated heterocycles. The first-order valence-electron chi connectivity index (χ1n) is 6.85. The molecule has 1 aliphatic heterocycles. The predicted molar refractivity (Wildman–Crippen MR) is 75.0 cm³/mol. The summed E-state index contributed by atoms with van der Waals surface area (Å²) in [5, 5.41) is 3.91. The number of carbonyl (C=O) groups excluding carboxylic acids is 1. The highest BCUT2D eigenvalue weighted by Gasteiger charge is 2.27. The number of amides is 1. The highest BCUT2D eigenvalue weighted by molar-refractivity contribution is 6.28. The third kappa shape index (κ3) is 3.74. The number of carbonyl (C=O) groups is 1. The molecule has 0 spiro atoms. The van der Waals surface area contributed by atoms with Crippen molar-refractivity contribution in [2.75, 3.05) is 13.1 Å². The van der Waals surface area contributed by atoms with Gasteiger partial charge in [-0.1, -0.05) is 13.8 Å². The quantitative estimate of drug-likeness (QED) is 0.925. The van der Waals surface area contributed by atoms with Gasteiger partial charge in [0.15, 0.2) is 5.22 Å². The molecule has 0 saturated carbocycles. The van der Waals surface area contributed by atoms with Crippen LogP contribution < -0.4 is 5.32 Å². The van der Waals surface area contributed by atoms with Crippen molar-refractivity contribution in [2.24, 2.45) is 5.92 Å². The van der Waals surface area contributed by atoms with Crippen LogP contribution in [0.25, 0.3) is 0 Å². The maximum absolute atomic E-state index is 11.7. The molecule has 1 aromatic rings. The molecule has 0 aromatic carbocycles. The van der Waals surface area contributed by atoms with Gasteiger partial charge in [-0.05, 0) is 36.1 Å². The number of likely N-dealkylation sites (tertiary alicyclic amines) is 1. The van der Waals surface area contributed by atoms with Crippen molar-refractivity contribution in [3.8, 4) is 0 Å². The maximum Gasteiger partial charge on any atom is 0.222 e. The van der Waals surface area contributed by atoms with Crippen molar-refractivity contribution in [3.63, 3.8) is 0 Å². The standard InChI is InChI=1S/C14H21ClN2O2/c1-3-14(18)17-7-6-12(10(2)9-17)16-8-11-4-5-13(15)19-11/h4-5,10,12,16H,3,6-9H2,1-2H3/t10-,12+/m1/s1. The first-order valence-corrected chi connectivity index (χ1v) is 7.23. The molecular formula is C14H21ClN2O2. The molecule has 19 heavy (non-hydrogen) atoms. The van der Waals surface area contributed by atoms with Gasteiger partial charge in [-0.15, -0.1) is 0 Å².